The van der Waals surface area contributed by atoms with Crippen molar-refractivity contribution in [3.63, 3.8) is 0 Å². The molecule has 0 saturated carbocycles. The molecule has 1 heterocycles. The number of nitrogens with zero attached hydrogens (tertiary/aromatic N) is 2. The highest BCUT2D eigenvalue weighted by Crippen LogP contribution is 2.31. The van der Waals surface area contributed by atoms with Crippen LogP contribution in [-0.4, -0.2) is 9.85 Å². The monoisotopic (exact) mass is 282 g/mol. The summed E-state index contributed by atoms with van der Waals surface area (Å²) < 4.78 is 0. The van der Waals surface area contributed by atoms with Crippen molar-refractivity contribution in [3.05, 3.63) is 67.2 Å². The third kappa shape index (κ3) is 2.63. The molecular formula is C10H7ClN4O4. The maximum atomic E-state index is 10.9. The highest BCUT2D eigenvalue weighted by Gasteiger charge is 2.25. The average molecular weight is 283 g/mol. The van der Waals surface area contributed by atoms with Crippen LogP contribution in [0.1, 0.15) is 0 Å². The number of rotatable bonds is 3. The van der Waals surface area contributed by atoms with Gasteiger partial charge in [0.2, 0.25) is 0 Å². The Morgan fingerprint density at radius 3 is 2.05 bits per heavy atom. The zero-order valence-corrected chi connectivity index (χ0v) is 10.0. The van der Waals surface area contributed by atoms with Crippen molar-refractivity contribution < 1.29 is 9.85 Å². The van der Waals surface area contributed by atoms with Gasteiger partial charge < -0.3 is 10.6 Å². The molecule has 2 rings (SSSR count). The number of hydrogen-bond acceptors (Lipinski definition) is 6. The van der Waals surface area contributed by atoms with Crippen LogP contribution in [0.15, 0.2) is 47.0 Å². The quantitative estimate of drug-likeness (QED) is 0.500. The molecule has 8 nitrogen and oxygen atoms in total. The van der Waals surface area contributed by atoms with E-state index in [1.165, 1.54) is 0 Å². The number of anilines is 2. The fourth-order valence-corrected chi connectivity index (χ4v) is 1.61. The predicted molar refractivity (Wildman–Crippen MR) is 68.6 cm³/mol. The number of para-hydroxylation sites is 2. The maximum absolute atomic E-state index is 10.9. The van der Waals surface area contributed by atoms with E-state index in [-0.39, 0.29) is 5.82 Å². The second kappa shape index (κ2) is 4.94. The minimum absolute atomic E-state index is 0.0335. The van der Waals surface area contributed by atoms with E-state index < -0.39 is 20.7 Å². The second-order valence-electron chi connectivity index (χ2n) is 3.54. The van der Waals surface area contributed by atoms with E-state index in [0.29, 0.717) is 17.5 Å². The fraction of sp³-hybridized carbons (Fsp3) is 0. The summed E-state index contributed by atoms with van der Waals surface area (Å²) in [4.78, 5) is 19.7. The van der Waals surface area contributed by atoms with Crippen LogP contribution >= 0.6 is 11.6 Å². The molecule has 0 aliphatic carbocycles. The van der Waals surface area contributed by atoms with E-state index in [4.69, 9.17) is 11.6 Å². The Morgan fingerprint density at radius 1 is 1.11 bits per heavy atom. The van der Waals surface area contributed by atoms with E-state index >= 15 is 0 Å². The number of halogens is 1. The molecule has 19 heavy (non-hydrogen) atoms. The van der Waals surface area contributed by atoms with Crippen molar-refractivity contribution in [3.8, 4) is 0 Å². The molecule has 0 radical (unpaired) electrons. The van der Waals surface area contributed by atoms with Gasteiger partial charge in [-0.3, -0.25) is 20.2 Å². The first-order valence-corrected chi connectivity index (χ1v) is 5.40. The molecule has 0 fully saturated rings. The van der Waals surface area contributed by atoms with Crippen molar-refractivity contribution >= 4 is 23.0 Å². The minimum atomic E-state index is -0.909. The van der Waals surface area contributed by atoms with E-state index in [0.717, 1.165) is 0 Å². The Hall–Kier alpha value is -2.61. The van der Waals surface area contributed by atoms with Crippen molar-refractivity contribution in [2.45, 2.75) is 0 Å². The molecule has 0 atom stereocenters. The Labute approximate surface area is 111 Å². The van der Waals surface area contributed by atoms with Gasteiger partial charge in [0.1, 0.15) is 6.08 Å². The molecule has 1 aromatic carbocycles. The Balaban J connectivity index is 2.42. The molecule has 2 N–H and O–H groups in total. The normalized spacial score (nSPS) is 13.3. The van der Waals surface area contributed by atoms with Crippen molar-refractivity contribution in [1.29, 1.82) is 0 Å². The summed E-state index contributed by atoms with van der Waals surface area (Å²) in [5, 5.41) is 26.0. The first-order chi connectivity index (χ1) is 8.99. The lowest BCUT2D eigenvalue weighted by molar-refractivity contribution is -0.428. The zero-order valence-electron chi connectivity index (χ0n) is 9.29. The summed E-state index contributed by atoms with van der Waals surface area (Å²) >= 11 is 5.31. The van der Waals surface area contributed by atoms with Gasteiger partial charge in [-0.2, -0.15) is 0 Å². The summed E-state index contributed by atoms with van der Waals surface area (Å²) in [7, 11) is 0. The summed E-state index contributed by atoms with van der Waals surface area (Å²) in [6.45, 7) is 0. The molecule has 0 bridgehead atoms. The van der Waals surface area contributed by atoms with E-state index in [9.17, 15) is 20.2 Å². The first kappa shape index (κ1) is 12.8. The lowest BCUT2D eigenvalue weighted by atomic mass is 10.3. The van der Waals surface area contributed by atoms with Gasteiger partial charge in [-0.25, -0.2) is 0 Å². The standard InChI is InChI=1S/C10H7ClN4O4/c11-9(15(18)19)5-8(14(16)17)10-12-6-3-1-2-4-7(6)13-10/h1-5,12-13H. The van der Waals surface area contributed by atoms with E-state index in [2.05, 4.69) is 10.6 Å². The van der Waals surface area contributed by atoms with Crippen LogP contribution in [0.25, 0.3) is 0 Å². The molecular weight excluding hydrogens is 276 g/mol. The molecule has 1 aromatic rings. The number of fused-ring (bicyclic) bond motifs is 1. The maximum Gasteiger partial charge on any atom is 0.344 e. The number of nitrogens with one attached hydrogen (secondary N) is 2. The van der Waals surface area contributed by atoms with Gasteiger partial charge in [0, 0.05) is 0 Å². The smallest absolute Gasteiger partial charge is 0.334 e. The number of hydrogen-bond donors (Lipinski definition) is 2. The van der Waals surface area contributed by atoms with E-state index in [1.807, 2.05) is 0 Å². The first-order valence-electron chi connectivity index (χ1n) is 5.02. The van der Waals surface area contributed by atoms with Crippen LogP contribution in [0.5, 0.6) is 0 Å². The molecule has 0 spiro atoms. The molecule has 1 aliphatic heterocycles. The van der Waals surface area contributed by atoms with Crippen LogP contribution < -0.4 is 10.6 Å². The Bertz CT molecular complexity index is 599. The van der Waals surface area contributed by atoms with Crippen LogP contribution in [-0.2, 0) is 0 Å². The average Bonchev–Trinajstić information content (AvgIpc) is 2.78. The predicted octanol–water partition coefficient (Wildman–Crippen LogP) is 2.33. The summed E-state index contributed by atoms with van der Waals surface area (Å²) in [5.74, 6) is 0.0335. The fourth-order valence-electron chi connectivity index (χ4n) is 1.51. The number of allylic oxidation sites excluding steroid dienone is 1. The highest BCUT2D eigenvalue weighted by atomic mass is 35.5. The topological polar surface area (TPSA) is 110 Å². The van der Waals surface area contributed by atoms with Crippen LogP contribution in [0.4, 0.5) is 11.4 Å². The minimum Gasteiger partial charge on any atom is -0.334 e. The SMILES string of the molecule is O=[N+]([O-])C(Cl)=CC(=C1Nc2ccccc2N1)[N+](=O)[O-]. The molecule has 9 heteroatoms. The van der Waals surface area contributed by atoms with E-state index in [1.54, 1.807) is 24.3 Å². The molecule has 0 aromatic heterocycles. The molecule has 0 saturated heterocycles. The zero-order chi connectivity index (χ0) is 14.0. The van der Waals surface area contributed by atoms with Gasteiger partial charge >= 0.3 is 10.9 Å². The third-order valence-electron chi connectivity index (χ3n) is 2.33. The number of nitro groups is 2. The largest absolute Gasteiger partial charge is 0.344 e. The van der Waals surface area contributed by atoms with Crippen molar-refractivity contribution in [1.82, 2.24) is 0 Å². The molecule has 0 amide bonds. The van der Waals surface area contributed by atoms with Gasteiger partial charge in [0.05, 0.1) is 21.2 Å². The third-order valence-corrected chi connectivity index (χ3v) is 2.58. The van der Waals surface area contributed by atoms with Crippen molar-refractivity contribution in [2.24, 2.45) is 0 Å². The van der Waals surface area contributed by atoms with Gasteiger partial charge in [0.25, 0.3) is 0 Å². The van der Waals surface area contributed by atoms with Gasteiger partial charge in [-0.05, 0) is 23.7 Å². The Morgan fingerprint density at radius 2 is 1.63 bits per heavy atom. The molecule has 98 valence electrons. The summed E-state index contributed by atoms with van der Waals surface area (Å²) in [6.07, 6.45) is 0.683. The summed E-state index contributed by atoms with van der Waals surface area (Å²) in [6, 6.07) is 6.93. The van der Waals surface area contributed by atoms with Crippen LogP contribution in [0.2, 0.25) is 0 Å². The lowest BCUT2D eigenvalue weighted by Crippen LogP contribution is -2.10. The van der Waals surface area contributed by atoms with Crippen molar-refractivity contribution in [2.75, 3.05) is 10.6 Å². The van der Waals surface area contributed by atoms with Crippen LogP contribution in [0, 0.1) is 20.2 Å². The number of benzene rings is 1. The lowest BCUT2D eigenvalue weighted by Gasteiger charge is -1.99. The highest BCUT2D eigenvalue weighted by molar-refractivity contribution is 6.28. The van der Waals surface area contributed by atoms with Gasteiger partial charge in [0.15, 0.2) is 5.82 Å². The van der Waals surface area contributed by atoms with Gasteiger partial charge in [-0.15, -0.1) is 0 Å². The molecule has 0 unspecified atom stereocenters. The second-order valence-corrected chi connectivity index (χ2v) is 3.92. The summed E-state index contributed by atoms with van der Waals surface area (Å²) in [5.41, 5.74) is 0.767. The van der Waals surface area contributed by atoms with Crippen LogP contribution in [0.3, 0.4) is 0 Å². The van der Waals surface area contributed by atoms with Gasteiger partial charge in [-0.1, -0.05) is 12.1 Å². The Kier molecular flexibility index (Phi) is 3.34. The molecule has 1 aliphatic rings.